The number of hydrogen-bond acceptors (Lipinski definition) is 2. The van der Waals surface area contributed by atoms with Crippen molar-refractivity contribution in [2.75, 3.05) is 17.2 Å². The summed E-state index contributed by atoms with van der Waals surface area (Å²) in [5, 5.41) is 5.13. The molecule has 2 N–H and O–H groups in total. The molecule has 3 nitrogen and oxygen atoms in total. The monoisotopic (exact) mass is 356 g/mol. The zero-order valence-corrected chi connectivity index (χ0v) is 13.6. The molecule has 0 aliphatic heterocycles. The quantitative estimate of drug-likeness (QED) is 0.781. The highest BCUT2D eigenvalue weighted by atomic mass is 35.5. The molecule has 0 heterocycles. The van der Waals surface area contributed by atoms with Crippen molar-refractivity contribution < 1.29 is 18.0 Å². The predicted octanol–water partition coefficient (Wildman–Crippen LogP) is 5.11. The van der Waals surface area contributed by atoms with Crippen LogP contribution in [0, 0.1) is 6.92 Å². The van der Waals surface area contributed by atoms with E-state index in [0.717, 1.165) is 23.4 Å². The Bertz CT molecular complexity index is 732. The number of anilines is 2. The van der Waals surface area contributed by atoms with E-state index in [9.17, 15) is 18.0 Å². The molecule has 24 heavy (non-hydrogen) atoms. The highest BCUT2D eigenvalue weighted by Crippen LogP contribution is 2.36. The molecule has 0 radical (unpaired) electrons. The normalized spacial score (nSPS) is 11.2. The van der Waals surface area contributed by atoms with Crippen LogP contribution in [0.3, 0.4) is 0 Å². The molecule has 1 amide bonds. The molecule has 2 aromatic carbocycles. The van der Waals surface area contributed by atoms with Crippen molar-refractivity contribution in [1.29, 1.82) is 0 Å². The zero-order valence-electron chi connectivity index (χ0n) is 12.9. The second-order valence-electron chi connectivity index (χ2n) is 5.29. The van der Waals surface area contributed by atoms with E-state index < -0.39 is 16.8 Å². The lowest BCUT2D eigenvalue weighted by molar-refractivity contribution is -0.137. The van der Waals surface area contributed by atoms with Crippen LogP contribution in [0.5, 0.6) is 0 Å². The summed E-state index contributed by atoms with van der Waals surface area (Å²) in [4.78, 5) is 11.9. The second-order valence-corrected chi connectivity index (χ2v) is 5.69. The van der Waals surface area contributed by atoms with Crippen LogP contribution in [0.25, 0.3) is 0 Å². The van der Waals surface area contributed by atoms with Crippen molar-refractivity contribution in [2.45, 2.75) is 19.5 Å². The Morgan fingerprint density at radius 3 is 2.54 bits per heavy atom. The fraction of sp³-hybridized carbons (Fsp3) is 0.235. The Labute approximate surface area is 142 Å². The smallest absolute Gasteiger partial charge is 0.385 e. The number of carbonyl (C=O) groups excluding carboxylic acids is 1. The van der Waals surface area contributed by atoms with E-state index in [2.05, 4.69) is 10.6 Å². The van der Waals surface area contributed by atoms with Gasteiger partial charge in [0.15, 0.2) is 0 Å². The van der Waals surface area contributed by atoms with Gasteiger partial charge in [-0.15, -0.1) is 0 Å². The van der Waals surface area contributed by atoms with Gasteiger partial charge in [0.25, 0.3) is 0 Å². The van der Waals surface area contributed by atoms with Crippen molar-refractivity contribution in [3.8, 4) is 0 Å². The number of benzene rings is 2. The third-order valence-corrected chi connectivity index (χ3v) is 3.58. The van der Waals surface area contributed by atoms with E-state index in [1.165, 1.54) is 6.07 Å². The summed E-state index contributed by atoms with van der Waals surface area (Å²) in [7, 11) is 0. The van der Waals surface area contributed by atoms with Gasteiger partial charge in [-0.1, -0.05) is 23.7 Å². The molecule has 0 aliphatic rings. The maximum atomic E-state index is 12.8. The Hall–Kier alpha value is -2.21. The van der Waals surface area contributed by atoms with Crippen LogP contribution in [0.15, 0.2) is 42.5 Å². The lowest BCUT2D eigenvalue weighted by Gasteiger charge is -2.12. The van der Waals surface area contributed by atoms with Crippen LogP contribution in [0.4, 0.5) is 24.5 Å². The summed E-state index contributed by atoms with van der Waals surface area (Å²) >= 11 is 5.54. The summed E-state index contributed by atoms with van der Waals surface area (Å²) in [5.41, 5.74) is 1.06. The average Bonchev–Trinajstić information content (AvgIpc) is 2.48. The first kappa shape index (κ1) is 18.1. The van der Waals surface area contributed by atoms with Crippen molar-refractivity contribution in [1.82, 2.24) is 0 Å². The highest BCUT2D eigenvalue weighted by molar-refractivity contribution is 6.31. The summed E-state index contributed by atoms with van der Waals surface area (Å²) in [6.45, 7) is 2.33. The molecule has 0 aliphatic carbocycles. The number of carbonyl (C=O) groups is 1. The molecule has 0 aromatic heterocycles. The predicted molar refractivity (Wildman–Crippen MR) is 89.4 cm³/mol. The van der Waals surface area contributed by atoms with Gasteiger partial charge in [0, 0.05) is 24.3 Å². The first-order valence-electron chi connectivity index (χ1n) is 7.23. The molecule has 0 unspecified atom stereocenters. The van der Waals surface area contributed by atoms with Crippen LogP contribution in [0.1, 0.15) is 17.5 Å². The second kappa shape index (κ2) is 7.57. The minimum Gasteiger partial charge on any atom is -0.385 e. The molecule has 7 heteroatoms. The Balaban J connectivity index is 1.91. The van der Waals surface area contributed by atoms with Crippen LogP contribution in [-0.2, 0) is 11.0 Å². The standard InChI is InChI=1S/C17H16ClF3N2O/c1-11-3-2-4-12(9-11)22-8-7-16(24)23-13-5-6-15(18)14(10-13)17(19,20)21/h2-6,9-10,22H,7-8H2,1H3,(H,23,24). The molecule has 2 rings (SSSR count). The van der Waals surface area contributed by atoms with Crippen molar-refractivity contribution in [3.05, 3.63) is 58.6 Å². The third kappa shape index (κ3) is 5.16. The molecule has 0 saturated heterocycles. The fourth-order valence-electron chi connectivity index (χ4n) is 2.12. The summed E-state index contributed by atoms with van der Waals surface area (Å²) < 4.78 is 38.3. The SMILES string of the molecule is Cc1cccc(NCCC(=O)Nc2ccc(Cl)c(C(F)(F)F)c2)c1. The lowest BCUT2D eigenvalue weighted by Crippen LogP contribution is -2.17. The summed E-state index contributed by atoms with van der Waals surface area (Å²) in [6, 6.07) is 10.9. The lowest BCUT2D eigenvalue weighted by atomic mass is 10.2. The van der Waals surface area contributed by atoms with Crippen LogP contribution in [0.2, 0.25) is 5.02 Å². The van der Waals surface area contributed by atoms with Gasteiger partial charge in [-0.3, -0.25) is 4.79 Å². The van der Waals surface area contributed by atoms with Gasteiger partial charge in [0.05, 0.1) is 10.6 Å². The molecule has 0 fully saturated rings. The number of alkyl halides is 3. The number of hydrogen-bond donors (Lipinski definition) is 2. The van der Waals surface area contributed by atoms with Gasteiger partial charge in [-0.2, -0.15) is 13.2 Å². The molecule has 2 aromatic rings. The van der Waals surface area contributed by atoms with Gasteiger partial charge in [0.2, 0.25) is 5.91 Å². The summed E-state index contributed by atoms with van der Waals surface area (Å²) in [5.74, 6) is -0.384. The Kier molecular flexibility index (Phi) is 5.72. The van der Waals surface area contributed by atoms with E-state index in [0.29, 0.717) is 6.54 Å². The van der Waals surface area contributed by atoms with Crippen molar-refractivity contribution >= 4 is 28.9 Å². The molecular weight excluding hydrogens is 341 g/mol. The first-order chi connectivity index (χ1) is 11.3. The third-order valence-electron chi connectivity index (χ3n) is 3.25. The minimum atomic E-state index is -4.56. The first-order valence-corrected chi connectivity index (χ1v) is 7.60. The average molecular weight is 357 g/mol. The molecule has 0 bridgehead atoms. The topological polar surface area (TPSA) is 41.1 Å². The van der Waals surface area contributed by atoms with Crippen molar-refractivity contribution in [3.63, 3.8) is 0 Å². The van der Waals surface area contributed by atoms with Gasteiger partial charge in [0.1, 0.15) is 0 Å². The fourth-order valence-corrected chi connectivity index (χ4v) is 2.34. The number of halogens is 4. The van der Waals surface area contributed by atoms with Crippen LogP contribution < -0.4 is 10.6 Å². The van der Waals surface area contributed by atoms with Gasteiger partial charge < -0.3 is 10.6 Å². The molecule has 0 spiro atoms. The van der Waals surface area contributed by atoms with Crippen LogP contribution >= 0.6 is 11.6 Å². The number of amides is 1. The Morgan fingerprint density at radius 1 is 1.12 bits per heavy atom. The van der Waals surface area contributed by atoms with Gasteiger partial charge in [-0.05, 0) is 42.8 Å². The minimum absolute atomic E-state index is 0.0623. The molecule has 0 saturated carbocycles. The van der Waals surface area contributed by atoms with E-state index >= 15 is 0 Å². The van der Waals surface area contributed by atoms with Crippen LogP contribution in [-0.4, -0.2) is 12.5 Å². The van der Waals surface area contributed by atoms with E-state index in [1.54, 1.807) is 0 Å². The van der Waals surface area contributed by atoms with E-state index in [4.69, 9.17) is 11.6 Å². The van der Waals surface area contributed by atoms with E-state index in [1.807, 2.05) is 31.2 Å². The summed E-state index contributed by atoms with van der Waals surface area (Å²) in [6.07, 6.45) is -4.44. The number of aryl methyl sites for hydroxylation is 1. The molecular formula is C17H16ClF3N2O. The largest absolute Gasteiger partial charge is 0.417 e. The van der Waals surface area contributed by atoms with Gasteiger partial charge >= 0.3 is 6.18 Å². The number of nitrogens with one attached hydrogen (secondary N) is 2. The Morgan fingerprint density at radius 2 is 1.88 bits per heavy atom. The maximum absolute atomic E-state index is 12.8. The molecule has 128 valence electrons. The zero-order chi connectivity index (χ0) is 17.7. The molecule has 0 atom stereocenters. The van der Waals surface area contributed by atoms with Crippen molar-refractivity contribution in [2.24, 2.45) is 0 Å². The highest BCUT2D eigenvalue weighted by Gasteiger charge is 2.33. The van der Waals surface area contributed by atoms with E-state index in [-0.39, 0.29) is 18.0 Å². The number of rotatable bonds is 5. The maximum Gasteiger partial charge on any atom is 0.417 e. The van der Waals surface area contributed by atoms with Gasteiger partial charge in [-0.25, -0.2) is 0 Å².